The number of nitrogens with zero attached hydrogens (tertiary/aromatic N) is 1. The van der Waals surface area contributed by atoms with Crippen molar-refractivity contribution in [3.63, 3.8) is 0 Å². The molecule has 2 aromatic rings. The minimum Gasteiger partial charge on any atom is -0.465 e. The van der Waals surface area contributed by atoms with Crippen molar-refractivity contribution in [3.8, 4) is 0 Å². The van der Waals surface area contributed by atoms with E-state index in [4.69, 9.17) is 4.74 Å². The fraction of sp³-hybridized carbons (Fsp3) is 0.250. The van der Waals surface area contributed by atoms with Crippen LogP contribution in [0.4, 0.5) is 11.4 Å². The zero-order chi connectivity index (χ0) is 18.8. The summed E-state index contributed by atoms with van der Waals surface area (Å²) in [6.07, 6.45) is 0.729. The van der Waals surface area contributed by atoms with Gasteiger partial charge in [-0.25, -0.2) is 4.79 Å². The van der Waals surface area contributed by atoms with Gasteiger partial charge in [-0.2, -0.15) is 0 Å². The molecule has 0 aliphatic carbocycles. The van der Waals surface area contributed by atoms with Gasteiger partial charge >= 0.3 is 5.97 Å². The molecule has 0 spiro atoms. The molecule has 3 rings (SSSR count). The third-order valence-corrected chi connectivity index (χ3v) is 4.52. The molecule has 0 bridgehead atoms. The summed E-state index contributed by atoms with van der Waals surface area (Å²) in [5.41, 5.74) is 4.13. The van der Waals surface area contributed by atoms with Gasteiger partial charge < -0.3 is 15.0 Å². The molecule has 0 atom stereocenters. The number of hydrogen-bond donors (Lipinski definition) is 1. The summed E-state index contributed by atoms with van der Waals surface area (Å²) in [5, 5.41) is 2.84. The summed E-state index contributed by atoms with van der Waals surface area (Å²) in [6, 6.07) is 10.3. The minimum atomic E-state index is -0.456. The fourth-order valence-electron chi connectivity index (χ4n) is 3.07. The van der Waals surface area contributed by atoms with Gasteiger partial charge in [-0.15, -0.1) is 0 Å². The Bertz CT molecular complexity index is 905. The molecular formula is C20H20N2O4. The molecule has 2 amide bonds. The first-order valence-electron chi connectivity index (χ1n) is 8.32. The summed E-state index contributed by atoms with van der Waals surface area (Å²) in [6.45, 7) is 4.02. The van der Waals surface area contributed by atoms with E-state index < -0.39 is 5.97 Å². The second-order valence-electron chi connectivity index (χ2n) is 6.24. The van der Waals surface area contributed by atoms with Gasteiger partial charge in [-0.1, -0.05) is 6.07 Å². The van der Waals surface area contributed by atoms with Crippen molar-refractivity contribution in [1.82, 2.24) is 0 Å². The maximum absolute atomic E-state index is 12.6. The molecule has 2 aromatic carbocycles. The van der Waals surface area contributed by atoms with Crippen molar-refractivity contribution in [1.29, 1.82) is 0 Å². The number of ether oxygens (including phenoxy) is 1. The quantitative estimate of drug-likeness (QED) is 0.862. The van der Waals surface area contributed by atoms with E-state index in [1.54, 1.807) is 35.2 Å². The summed E-state index contributed by atoms with van der Waals surface area (Å²) >= 11 is 0. The number of carbonyl (C=O) groups is 3. The Hall–Kier alpha value is -3.15. The van der Waals surface area contributed by atoms with Gasteiger partial charge in [-0.3, -0.25) is 9.59 Å². The molecule has 0 saturated carbocycles. The van der Waals surface area contributed by atoms with E-state index >= 15 is 0 Å². The highest BCUT2D eigenvalue weighted by atomic mass is 16.5. The maximum atomic E-state index is 12.6. The van der Waals surface area contributed by atoms with Crippen LogP contribution in [0.2, 0.25) is 0 Å². The number of methoxy groups -OCH3 is 1. The van der Waals surface area contributed by atoms with Crippen LogP contribution in [-0.2, 0) is 16.0 Å². The predicted molar refractivity (Wildman–Crippen MR) is 98.6 cm³/mol. The van der Waals surface area contributed by atoms with Gasteiger partial charge in [0, 0.05) is 30.4 Å². The average molecular weight is 352 g/mol. The zero-order valence-corrected chi connectivity index (χ0v) is 15.0. The lowest BCUT2D eigenvalue weighted by atomic mass is 10.1. The molecule has 0 radical (unpaired) electrons. The lowest BCUT2D eigenvalue weighted by Gasteiger charge is -2.15. The molecule has 1 heterocycles. The third kappa shape index (κ3) is 3.31. The van der Waals surface area contributed by atoms with E-state index in [0.717, 1.165) is 23.2 Å². The van der Waals surface area contributed by atoms with Gasteiger partial charge in [0.2, 0.25) is 5.91 Å². The summed E-state index contributed by atoms with van der Waals surface area (Å²) in [7, 11) is 1.31. The van der Waals surface area contributed by atoms with Gasteiger partial charge in [0.25, 0.3) is 5.91 Å². The Morgan fingerprint density at radius 3 is 2.50 bits per heavy atom. The summed E-state index contributed by atoms with van der Waals surface area (Å²) in [5.74, 6) is -0.724. The molecule has 1 N–H and O–H groups in total. The number of anilines is 2. The molecule has 6 nitrogen and oxygen atoms in total. The van der Waals surface area contributed by atoms with Crippen molar-refractivity contribution in [3.05, 3.63) is 58.7 Å². The van der Waals surface area contributed by atoms with Crippen molar-refractivity contribution in [2.45, 2.75) is 20.3 Å². The Balaban J connectivity index is 1.83. The fourth-order valence-corrected chi connectivity index (χ4v) is 3.07. The van der Waals surface area contributed by atoms with E-state index in [0.29, 0.717) is 23.4 Å². The van der Waals surface area contributed by atoms with Crippen molar-refractivity contribution >= 4 is 29.2 Å². The molecular weight excluding hydrogens is 332 g/mol. The second-order valence-corrected chi connectivity index (χ2v) is 6.24. The highest BCUT2D eigenvalue weighted by Crippen LogP contribution is 2.29. The van der Waals surface area contributed by atoms with Gasteiger partial charge in [0.1, 0.15) is 0 Å². The maximum Gasteiger partial charge on any atom is 0.337 e. The number of amides is 2. The van der Waals surface area contributed by atoms with Crippen LogP contribution in [0.5, 0.6) is 0 Å². The number of nitrogens with one attached hydrogen (secondary N) is 1. The first kappa shape index (κ1) is 17.7. The number of benzene rings is 2. The van der Waals surface area contributed by atoms with E-state index in [2.05, 4.69) is 5.32 Å². The van der Waals surface area contributed by atoms with Gasteiger partial charge in [0.15, 0.2) is 0 Å². The van der Waals surface area contributed by atoms with E-state index in [-0.39, 0.29) is 11.8 Å². The number of aryl methyl sites for hydroxylation is 1. The molecule has 6 heteroatoms. The lowest BCUT2D eigenvalue weighted by molar-refractivity contribution is -0.116. The molecule has 134 valence electrons. The Morgan fingerprint density at radius 1 is 1.08 bits per heavy atom. The Kier molecular flexibility index (Phi) is 4.75. The molecule has 0 aromatic heterocycles. The van der Waals surface area contributed by atoms with E-state index in [1.165, 1.54) is 14.0 Å². The van der Waals surface area contributed by atoms with Crippen LogP contribution in [0.25, 0.3) is 0 Å². The average Bonchev–Trinajstić information content (AvgIpc) is 3.06. The van der Waals surface area contributed by atoms with Gasteiger partial charge in [-0.05, 0) is 54.8 Å². The molecule has 1 aliphatic rings. The number of esters is 1. The molecule has 0 fully saturated rings. The standard InChI is InChI=1S/C20H20N2O4/c1-12-4-5-16(20(25)26-3)11-17(12)21-19(24)15-6-7-18-14(10-15)8-9-22(18)13(2)23/h4-7,10-11H,8-9H2,1-3H3,(H,21,24). The molecule has 1 aliphatic heterocycles. The zero-order valence-electron chi connectivity index (χ0n) is 15.0. The molecule has 0 saturated heterocycles. The number of carbonyl (C=O) groups excluding carboxylic acids is 3. The SMILES string of the molecule is COC(=O)c1ccc(C)c(NC(=O)c2ccc3c(c2)CCN3C(C)=O)c1. The highest BCUT2D eigenvalue weighted by molar-refractivity contribution is 6.06. The van der Waals surface area contributed by atoms with Crippen LogP contribution < -0.4 is 10.2 Å². The van der Waals surface area contributed by atoms with Crippen molar-refractivity contribution < 1.29 is 19.1 Å². The first-order chi connectivity index (χ1) is 12.4. The van der Waals surface area contributed by atoms with E-state index in [9.17, 15) is 14.4 Å². The van der Waals surface area contributed by atoms with Crippen LogP contribution in [0.1, 0.15) is 38.8 Å². The Morgan fingerprint density at radius 2 is 1.81 bits per heavy atom. The van der Waals surface area contributed by atoms with Crippen molar-refractivity contribution in [2.24, 2.45) is 0 Å². The van der Waals surface area contributed by atoms with Crippen molar-refractivity contribution in [2.75, 3.05) is 23.9 Å². The summed E-state index contributed by atoms with van der Waals surface area (Å²) < 4.78 is 4.72. The second kappa shape index (κ2) is 7.00. The van der Waals surface area contributed by atoms with Crippen LogP contribution in [0.15, 0.2) is 36.4 Å². The number of hydrogen-bond acceptors (Lipinski definition) is 4. The summed E-state index contributed by atoms with van der Waals surface area (Å²) in [4.78, 5) is 37.6. The topological polar surface area (TPSA) is 75.7 Å². The van der Waals surface area contributed by atoms with Crippen LogP contribution >= 0.6 is 0 Å². The predicted octanol–water partition coefficient (Wildman–Crippen LogP) is 2.94. The Labute approximate surface area is 151 Å². The molecule has 0 unspecified atom stereocenters. The highest BCUT2D eigenvalue weighted by Gasteiger charge is 2.23. The van der Waals surface area contributed by atoms with Crippen LogP contribution in [0, 0.1) is 6.92 Å². The largest absolute Gasteiger partial charge is 0.465 e. The lowest BCUT2D eigenvalue weighted by Crippen LogP contribution is -2.25. The first-order valence-corrected chi connectivity index (χ1v) is 8.32. The van der Waals surface area contributed by atoms with Crippen LogP contribution in [0.3, 0.4) is 0 Å². The minimum absolute atomic E-state index is 0.00352. The van der Waals surface area contributed by atoms with Crippen LogP contribution in [-0.4, -0.2) is 31.4 Å². The monoisotopic (exact) mass is 352 g/mol. The van der Waals surface area contributed by atoms with Gasteiger partial charge in [0.05, 0.1) is 12.7 Å². The normalized spacial score (nSPS) is 12.5. The number of rotatable bonds is 3. The number of fused-ring (bicyclic) bond motifs is 1. The van der Waals surface area contributed by atoms with E-state index in [1.807, 2.05) is 13.0 Å². The third-order valence-electron chi connectivity index (χ3n) is 4.52. The molecule has 26 heavy (non-hydrogen) atoms. The smallest absolute Gasteiger partial charge is 0.337 e.